The van der Waals surface area contributed by atoms with Crippen molar-refractivity contribution in [3.63, 3.8) is 0 Å². The largest absolute Gasteiger partial charge is 0.490 e. The molecule has 5 nitrogen and oxygen atoms in total. The lowest BCUT2D eigenvalue weighted by atomic mass is 10.1. The van der Waals surface area contributed by atoms with E-state index >= 15 is 0 Å². The number of nitrogens with zero attached hydrogens (tertiary/aromatic N) is 1. The van der Waals surface area contributed by atoms with Gasteiger partial charge in [0.2, 0.25) is 0 Å². The third kappa shape index (κ3) is 9.61. The smallest absolute Gasteiger partial charge is 0.186 e. The molecule has 0 aliphatic rings. The molecule has 6 heteroatoms. The second-order valence-corrected chi connectivity index (χ2v) is 6.47. The van der Waals surface area contributed by atoms with Crippen LogP contribution in [0, 0.1) is 0 Å². The number of thiocarbonyl (C=S) groups is 1. The lowest BCUT2D eigenvalue weighted by molar-refractivity contribution is 0.270. The molecule has 0 fully saturated rings. The van der Waals surface area contributed by atoms with Crippen LogP contribution in [0.1, 0.15) is 64.4 Å². The summed E-state index contributed by atoms with van der Waals surface area (Å²) in [7, 11) is 1.75. The first-order chi connectivity index (χ1) is 12.7. The molecule has 1 aromatic rings. The molecule has 0 heterocycles. The molecule has 0 atom stereocenters. The Labute approximate surface area is 163 Å². The first kappa shape index (κ1) is 22.2. The summed E-state index contributed by atoms with van der Waals surface area (Å²) in [6.45, 7) is 5.53. The Hall–Kier alpha value is -1.82. The van der Waals surface area contributed by atoms with E-state index in [1.54, 1.807) is 13.3 Å². The second-order valence-electron chi connectivity index (χ2n) is 6.06. The van der Waals surface area contributed by atoms with Gasteiger partial charge in [-0.3, -0.25) is 5.43 Å². The SMILES string of the molecule is CCCCCCCCCOc1ccc(/C=N/NC(=S)NC)cc1OCC. The lowest BCUT2D eigenvalue weighted by Gasteiger charge is -2.12. The molecule has 0 aliphatic carbocycles. The molecule has 26 heavy (non-hydrogen) atoms. The van der Waals surface area contributed by atoms with Crippen molar-refractivity contribution in [3.8, 4) is 11.5 Å². The van der Waals surface area contributed by atoms with E-state index in [9.17, 15) is 0 Å². The summed E-state index contributed by atoms with van der Waals surface area (Å²) < 4.78 is 11.6. The standard InChI is InChI=1S/C20H33N3O2S/c1-4-6-7-8-9-10-11-14-25-18-13-12-17(15-19(18)24-5-2)16-22-23-20(26)21-3/h12-13,15-16H,4-11,14H2,1-3H3,(H2,21,23,26)/b22-16+. The van der Waals surface area contributed by atoms with Crippen LogP contribution in [0.15, 0.2) is 23.3 Å². The van der Waals surface area contributed by atoms with E-state index in [2.05, 4.69) is 22.8 Å². The van der Waals surface area contributed by atoms with E-state index in [4.69, 9.17) is 21.7 Å². The first-order valence-electron chi connectivity index (χ1n) is 9.61. The number of ether oxygens (including phenoxy) is 2. The van der Waals surface area contributed by atoms with Crippen LogP contribution in [0.2, 0.25) is 0 Å². The Kier molecular flexibility index (Phi) is 12.3. The highest BCUT2D eigenvalue weighted by Gasteiger charge is 2.06. The van der Waals surface area contributed by atoms with Gasteiger partial charge >= 0.3 is 0 Å². The van der Waals surface area contributed by atoms with Crippen molar-refractivity contribution in [1.82, 2.24) is 10.7 Å². The molecule has 0 unspecified atom stereocenters. The maximum Gasteiger partial charge on any atom is 0.186 e. The fourth-order valence-electron chi connectivity index (χ4n) is 2.46. The normalized spacial score (nSPS) is 10.7. The van der Waals surface area contributed by atoms with Crippen molar-refractivity contribution in [2.24, 2.45) is 5.10 Å². The Balaban J connectivity index is 2.45. The number of unbranched alkanes of at least 4 members (excludes halogenated alkanes) is 6. The maximum atomic E-state index is 5.92. The minimum atomic E-state index is 0.473. The minimum Gasteiger partial charge on any atom is -0.490 e. The van der Waals surface area contributed by atoms with Crippen LogP contribution < -0.4 is 20.2 Å². The summed E-state index contributed by atoms with van der Waals surface area (Å²) in [5.74, 6) is 1.53. The zero-order chi connectivity index (χ0) is 19.0. The monoisotopic (exact) mass is 379 g/mol. The molecule has 0 saturated carbocycles. The van der Waals surface area contributed by atoms with Gasteiger partial charge in [-0.1, -0.05) is 45.4 Å². The van der Waals surface area contributed by atoms with Crippen molar-refractivity contribution in [3.05, 3.63) is 23.8 Å². The molecule has 1 rings (SSSR count). The summed E-state index contributed by atoms with van der Waals surface area (Å²) in [6, 6.07) is 5.82. The molecule has 2 N–H and O–H groups in total. The van der Waals surface area contributed by atoms with Gasteiger partial charge in [0.1, 0.15) is 0 Å². The van der Waals surface area contributed by atoms with Gasteiger partial charge in [0, 0.05) is 7.05 Å². The Morgan fingerprint density at radius 3 is 2.46 bits per heavy atom. The molecule has 1 aromatic carbocycles. The van der Waals surface area contributed by atoms with E-state index in [-0.39, 0.29) is 0 Å². The predicted molar refractivity (Wildman–Crippen MR) is 113 cm³/mol. The molecule has 0 amide bonds. The molecular formula is C20H33N3O2S. The molecule has 146 valence electrons. The lowest BCUT2D eigenvalue weighted by Crippen LogP contribution is -2.28. The van der Waals surface area contributed by atoms with E-state index in [0.29, 0.717) is 11.7 Å². The molecule has 0 radical (unpaired) electrons. The molecular weight excluding hydrogens is 346 g/mol. The van der Waals surface area contributed by atoms with Gasteiger partial charge in [-0.05, 0) is 49.3 Å². The number of rotatable bonds is 13. The highest BCUT2D eigenvalue weighted by molar-refractivity contribution is 7.80. The zero-order valence-corrected chi connectivity index (χ0v) is 17.2. The fourth-order valence-corrected chi connectivity index (χ4v) is 2.51. The topological polar surface area (TPSA) is 54.9 Å². The average Bonchev–Trinajstić information content (AvgIpc) is 2.65. The molecule has 0 aromatic heterocycles. The van der Waals surface area contributed by atoms with Crippen LogP contribution in [0.25, 0.3) is 0 Å². The number of benzene rings is 1. The maximum absolute atomic E-state index is 5.92. The molecule has 0 aliphatic heterocycles. The van der Waals surface area contributed by atoms with E-state index in [1.807, 2.05) is 25.1 Å². The fraction of sp³-hybridized carbons (Fsp3) is 0.600. The van der Waals surface area contributed by atoms with E-state index in [1.165, 1.54) is 38.5 Å². The number of hydrazone groups is 1. The summed E-state index contributed by atoms with van der Waals surface area (Å²) in [5, 5.41) is 7.36. The number of hydrogen-bond donors (Lipinski definition) is 2. The van der Waals surface area contributed by atoms with Crippen LogP contribution in [0.4, 0.5) is 0 Å². The van der Waals surface area contributed by atoms with Crippen LogP contribution in [-0.2, 0) is 0 Å². The predicted octanol–water partition coefficient (Wildman–Crippen LogP) is 4.64. The van der Waals surface area contributed by atoms with Gasteiger partial charge in [-0.25, -0.2) is 0 Å². The second kappa shape index (κ2) is 14.4. The Morgan fingerprint density at radius 1 is 1.04 bits per heavy atom. The molecule has 0 saturated heterocycles. The van der Waals surface area contributed by atoms with Gasteiger partial charge < -0.3 is 14.8 Å². The van der Waals surface area contributed by atoms with Crippen LogP contribution in [0.5, 0.6) is 11.5 Å². The van der Waals surface area contributed by atoms with Gasteiger partial charge in [-0.15, -0.1) is 0 Å². The third-order valence-corrected chi connectivity index (χ3v) is 4.18. The third-order valence-electron chi connectivity index (χ3n) is 3.88. The highest BCUT2D eigenvalue weighted by atomic mass is 32.1. The first-order valence-corrected chi connectivity index (χ1v) is 10.0. The Bertz CT molecular complexity index is 550. The summed E-state index contributed by atoms with van der Waals surface area (Å²) in [4.78, 5) is 0. The van der Waals surface area contributed by atoms with Crippen LogP contribution in [0.3, 0.4) is 0 Å². The van der Waals surface area contributed by atoms with Crippen molar-refractivity contribution in [2.75, 3.05) is 20.3 Å². The molecule has 0 bridgehead atoms. The van der Waals surface area contributed by atoms with E-state index < -0.39 is 0 Å². The van der Waals surface area contributed by atoms with E-state index in [0.717, 1.165) is 30.1 Å². The van der Waals surface area contributed by atoms with Gasteiger partial charge in [0.15, 0.2) is 16.6 Å². The highest BCUT2D eigenvalue weighted by Crippen LogP contribution is 2.28. The van der Waals surface area contributed by atoms with Crippen molar-refractivity contribution < 1.29 is 9.47 Å². The summed E-state index contributed by atoms with van der Waals surface area (Å²) in [5.41, 5.74) is 3.65. The number of hydrogen-bond acceptors (Lipinski definition) is 4. The van der Waals surface area contributed by atoms with Crippen LogP contribution in [-0.4, -0.2) is 31.6 Å². The zero-order valence-electron chi connectivity index (χ0n) is 16.3. The Morgan fingerprint density at radius 2 is 1.77 bits per heavy atom. The average molecular weight is 380 g/mol. The van der Waals surface area contributed by atoms with Crippen LogP contribution >= 0.6 is 12.2 Å². The molecule has 0 spiro atoms. The van der Waals surface area contributed by atoms with Crippen molar-refractivity contribution >= 4 is 23.5 Å². The van der Waals surface area contributed by atoms with Gasteiger partial charge in [0.05, 0.1) is 19.4 Å². The van der Waals surface area contributed by atoms with Gasteiger partial charge in [0.25, 0.3) is 0 Å². The summed E-state index contributed by atoms with van der Waals surface area (Å²) in [6.07, 6.45) is 10.6. The van der Waals surface area contributed by atoms with Crippen molar-refractivity contribution in [1.29, 1.82) is 0 Å². The number of nitrogens with one attached hydrogen (secondary N) is 2. The van der Waals surface area contributed by atoms with Gasteiger partial charge in [-0.2, -0.15) is 5.10 Å². The summed E-state index contributed by atoms with van der Waals surface area (Å²) >= 11 is 4.98. The quantitative estimate of drug-likeness (QED) is 0.226. The minimum absolute atomic E-state index is 0.473. The van der Waals surface area contributed by atoms with Crippen molar-refractivity contribution in [2.45, 2.75) is 58.8 Å².